The summed E-state index contributed by atoms with van der Waals surface area (Å²) in [6, 6.07) is 16.7. The lowest BCUT2D eigenvalue weighted by atomic mass is 9.94. The van der Waals surface area contributed by atoms with Crippen LogP contribution in [0.25, 0.3) is 6.08 Å². The number of aromatic nitrogens is 1. The van der Waals surface area contributed by atoms with Crippen LogP contribution in [0.1, 0.15) is 28.3 Å². The van der Waals surface area contributed by atoms with Crippen molar-refractivity contribution in [2.75, 3.05) is 23.4 Å². The molecule has 4 rings (SSSR count). The number of pyridine rings is 1. The molecule has 1 aliphatic rings. The molecule has 0 saturated heterocycles. The zero-order chi connectivity index (χ0) is 24.1. The van der Waals surface area contributed by atoms with Gasteiger partial charge >= 0.3 is 0 Å². The topological polar surface area (TPSA) is 158 Å². The normalized spacial score (nSPS) is 14.3. The SMILES string of the molecule is N#CNC1=NC(c2cc(Br)ccc2OCC=Cc2ccccc2)c2c(nc(N)c(C#N)c2N)N1. The molecule has 9 nitrogen and oxygen atoms in total. The van der Waals surface area contributed by atoms with E-state index < -0.39 is 6.04 Å². The molecule has 6 N–H and O–H groups in total. The number of ether oxygens (including phenoxy) is 1. The predicted octanol–water partition coefficient (Wildman–Crippen LogP) is 3.91. The standard InChI is InChI=1S/C24H19BrN8O/c25-15-8-9-18(34-10-4-7-14-5-2-1-3-6-14)16(11-15)21-19-20(28)17(12-26)22(29)32-23(19)33-24(31-21)30-13-27/h1-9,11,21H,10H2,(H6,28,29,30,31,32,33). The zero-order valence-electron chi connectivity index (χ0n) is 17.8. The van der Waals surface area contributed by atoms with Gasteiger partial charge in [-0.3, -0.25) is 5.32 Å². The molecule has 1 aromatic heterocycles. The number of fused-ring (bicyclic) bond motifs is 1. The smallest absolute Gasteiger partial charge is 0.211 e. The number of rotatable bonds is 5. The van der Waals surface area contributed by atoms with Crippen molar-refractivity contribution >= 4 is 45.3 Å². The number of nitriles is 2. The third-order valence-corrected chi connectivity index (χ3v) is 5.56. The summed E-state index contributed by atoms with van der Waals surface area (Å²) >= 11 is 3.50. The molecule has 168 valence electrons. The van der Waals surface area contributed by atoms with E-state index in [-0.39, 0.29) is 23.0 Å². The lowest BCUT2D eigenvalue weighted by molar-refractivity contribution is 0.358. The minimum atomic E-state index is -0.710. The van der Waals surface area contributed by atoms with Crippen LogP contribution in [-0.4, -0.2) is 17.6 Å². The Morgan fingerprint density at radius 3 is 2.71 bits per heavy atom. The predicted molar refractivity (Wildman–Crippen MR) is 135 cm³/mol. The van der Waals surface area contributed by atoms with Gasteiger partial charge in [0.25, 0.3) is 0 Å². The van der Waals surface area contributed by atoms with E-state index in [1.54, 1.807) is 0 Å². The van der Waals surface area contributed by atoms with Crippen molar-refractivity contribution in [3.05, 3.63) is 81.3 Å². The first kappa shape index (κ1) is 22.6. The quantitative estimate of drug-likeness (QED) is 0.294. The third-order valence-electron chi connectivity index (χ3n) is 5.07. The maximum Gasteiger partial charge on any atom is 0.211 e. The molecule has 0 fully saturated rings. The summed E-state index contributed by atoms with van der Waals surface area (Å²) in [5.74, 6) is 1.03. The van der Waals surface area contributed by atoms with E-state index >= 15 is 0 Å². The summed E-state index contributed by atoms with van der Waals surface area (Å²) < 4.78 is 6.86. The average Bonchev–Trinajstić information content (AvgIpc) is 2.83. The van der Waals surface area contributed by atoms with Gasteiger partial charge in [0.05, 0.1) is 5.69 Å². The summed E-state index contributed by atoms with van der Waals surface area (Å²) in [6.07, 6.45) is 5.72. The van der Waals surface area contributed by atoms with Gasteiger partial charge in [0, 0.05) is 15.6 Å². The maximum atomic E-state index is 9.53. The fraction of sp³-hybridized carbons (Fsp3) is 0.0833. The minimum Gasteiger partial charge on any atom is -0.489 e. The number of aliphatic imine (C=N–C) groups is 1. The Hall–Kier alpha value is -4.54. The van der Waals surface area contributed by atoms with Crippen molar-refractivity contribution in [1.82, 2.24) is 10.3 Å². The van der Waals surface area contributed by atoms with Crippen molar-refractivity contribution in [3.63, 3.8) is 0 Å². The first-order valence-electron chi connectivity index (χ1n) is 10.1. The van der Waals surface area contributed by atoms with Gasteiger partial charge in [-0.05, 0) is 29.8 Å². The largest absolute Gasteiger partial charge is 0.489 e. The molecule has 3 aromatic rings. The number of guanidine groups is 1. The Bertz CT molecular complexity index is 1370. The van der Waals surface area contributed by atoms with E-state index in [4.69, 9.17) is 21.5 Å². The third kappa shape index (κ3) is 4.63. The number of hydrogen-bond acceptors (Lipinski definition) is 9. The van der Waals surface area contributed by atoms with Crippen molar-refractivity contribution in [1.29, 1.82) is 10.5 Å². The maximum absolute atomic E-state index is 9.53. The van der Waals surface area contributed by atoms with Crippen LogP contribution in [0.3, 0.4) is 0 Å². The molecule has 0 saturated carbocycles. The highest BCUT2D eigenvalue weighted by molar-refractivity contribution is 9.10. The van der Waals surface area contributed by atoms with Crippen LogP contribution in [-0.2, 0) is 0 Å². The minimum absolute atomic E-state index is 0.0139. The van der Waals surface area contributed by atoms with Gasteiger partial charge < -0.3 is 21.5 Å². The summed E-state index contributed by atoms with van der Waals surface area (Å²) in [4.78, 5) is 8.89. The van der Waals surface area contributed by atoms with Crippen molar-refractivity contribution in [2.24, 2.45) is 4.99 Å². The lowest BCUT2D eigenvalue weighted by Crippen LogP contribution is -2.33. The van der Waals surface area contributed by atoms with Crippen molar-refractivity contribution < 1.29 is 4.74 Å². The molecule has 1 unspecified atom stereocenters. The monoisotopic (exact) mass is 514 g/mol. The fourth-order valence-electron chi connectivity index (χ4n) is 3.56. The molecule has 0 bridgehead atoms. The van der Waals surface area contributed by atoms with E-state index in [9.17, 15) is 5.26 Å². The number of hydrogen-bond donors (Lipinski definition) is 4. The Kier molecular flexibility index (Phi) is 6.62. The van der Waals surface area contributed by atoms with Crippen LogP contribution in [0.5, 0.6) is 5.75 Å². The van der Waals surface area contributed by atoms with E-state index in [1.807, 2.05) is 72.9 Å². The van der Waals surface area contributed by atoms with E-state index in [0.717, 1.165) is 10.0 Å². The number of nitrogens with one attached hydrogen (secondary N) is 2. The number of halogens is 1. The highest BCUT2D eigenvalue weighted by atomic mass is 79.9. The molecule has 0 spiro atoms. The number of nitrogen functional groups attached to an aromatic ring is 2. The Morgan fingerprint density at radius 1 is 1.18 bits per heavy atom. The van der Waals surface area contributed by atoms with Crippen LogP contribution in [0.15, 0.2) is 64.1 Å². The van der Waals surface area contributed by atoms with Crippen LogP contribution in [0.4, 0.5) is 17.3 Å². The summed E-state index contributed by atoms with van der Waals surface area (Å²) in [5.41, 5.74) is 14.7. The highest BCUT2D eigenvalue weighted by Crippen LogP contribution is 2.43. The Morgan fingerprint density at radius 2 is 1.97 bits per heavy atom. The second-order valence-electron chi connectivity index (χ2n) is 7.21. The molecule has 10 heteroatoms. The second kappa shape index (κ2) is 9.94. The number of benzene rings is 2. The summed E-state index contributed by atoms with van der Waals surface area (Å²) in [6.45, 7) is 0.313. The summed E-state index contributed by atoms with van der Waals surface area (Å²) in [5, 5.41) is 24.0. The summed E-state index contributed by atoms with van der Waals surface area (Å²) in [7, 11) is 0. The van der Waals surface area contributed by atoms with Gasteiger partial charge in [-0.1, -0.05) is 52.3 Å². The molecule has 0 aliphatic carbocycles. The molecule has 34 heavy (non-hydrogen) atoms. The van der Waals surface area contributed by atoms with E-state index in [1.165, 1.54) is 0 Å². The molecule has 0 radical (unpaired) electrons. The molecular formula is C24H19BrN8O. The van der Waals surface area contributed by atoms with E-state index in [2.05, 4.69) is 36.5 Å². The second-order valence-corrected chi connectivity index (χ2v) is 8.12. The van der Waals surface area contributed by atoms with Crippen molar-refractivity contribution in [2.45, 2.75) is 6.04 Å². The van der Waals surface area contributed by atoms with Crippen LogP contribution < -0.4 is 26.8 Å². The molecule has 1 aliphatic heterocycles. The molecule has 0 amide bonds. The van der Waals surface area contributed by atoms with Gasteiger partial charge in [0.1, 0.15) is 41.7 Å². The van der Waals surface area contributed by atoms with Crippen LogP contribution in [0, 0.1) is 22.8 Å². The highest BCUT2D eigenvalue weighted by Gasteiger charge is 2.31. The Balaban J connectivity index is 1.75. The molecule has 2 heterocycles. The van der Waals surface area contributed by atoms with Crippen LogP contribution in [0.2, 0.25) is 0 Å². The number of nitrogens with zero attached hydrogens (tertiary/aromatic N) is 4. The van der Waals surface area contributed by atoms with Crippen molar-refractivity contribution in [3.8, 4) is 18.0 Å². The van der Waals surface area contributed by atoms with Gasteiger partial charge in [0.15, 0.2) is 6.19 Å². The van der Waals surface area contributed by atoms with E-state index in [0.29, 0.717) is 29.3 Å². The van der Waals surface area contributed by atoms with Gasteiger partial charge in [-0.15, -0.1) is 0 Å². The Labute approximate surface area is 204 Å². The van der Waals surface area contributed by atoms with Gasteiger partial charge in [-0.25, -0.2) is 9.98 Å². The fourth-order valence-corrected chi connectivity index (χ4v) is 3.94. The first-order valence-corrected chi connectivity index (χ1v) is 10.9. The van der Waals surface area contributed by atoms with Gasteiger partial charge in [0.2, 0.25) is 5.96 Å². The first-order chi connectivity index (χ1) is 16.5. The van der Waals surface area contributed by atoms with Gasteiger partial charge in [-0.2, -0.15) is 10.5 Å². The molecule has 1 atom stereocenters. The number of anilines is 3. The van der Waals surface area contributed by atoms with Crippen LogP contribution >= 0.6 is 15.9 Å². The molecular weight excluding hydrogens is 496 g/mol. The average molecular weight is 515 g/mol. The zero-order valence-corrected chi connectivity index (χ0v) is 19.4. The number of nitrogens with two attached hydrogens (primary N) is 2. The molecule has 2 aromatic carbocycles. The lowest BCUT2D eigenvalue weighted by Gasteiger charge is -2.27.